The van der Waals surface area contributed by atoms with Crippen LogP contribution in [0.4, 0.5) is 5.69 Å². The van der Waals surface area contributed by atoms with E-state index in [0.29, 0.717) is 26.9 Å². The molecule has 3 aromatic rings. The van der Waals surface area contributed by atoms with Crippen LogP contribution in [0.3, 0.4) is 0 Å². The summed E-state index contributed by atoms with van der Waals surface area (Å²) in [6.07, 6.45) is 0. The number of aromatic carboxylic acids is 1. The van der Waals surface area contributed by atoms with Gasteiger partial charge in [0.05, 0.1) is 10.9 Å². The lowest BCUT2D eigenvalue weighted by Crippen LogP contribution is -2.35. The van der Waals surface area contributed by atoms with Gasteiger partial charge in [-0.05, 0) is 31.5 Å². The summed E-state index contributed by atoms with van der Waals surface area (Å²) in [4.78, 5) is 42.5. The third kappa shape index (κ3) is 3.77. The molecule has 2 heterocycles. The van der Waals surface area contributed by atoms with Crippen molar-refractivity contribution in [3.63, 3.8) is 0 Å². The Morgan fingerprint density at radius 1 is 1.28 bits per heavy atom. The lowest BCUT2D eigenvalue weighted by Gasteiger charge is -2.21. The highest BCUT2D eigenvalue weighted by Crippen LogP contribution is 2.27. The molecule has 0 spiro atoms. The number of hydrogen-bond acceptors (Lipinski definition) is 5. The predicted molar refractivity (Wildman–Crippen MR) is 114 cm³/mol. The number of carboxylic acids is 1. The summed E-state index contributed by atoms with van der Waals surface area (Å²) in [5.41, 5.74) is 0.614. The van der Waals surface area contributed by atoms with E-state index in [9.17, 15) is 19.5 Å². The van der Waals surface area contributed by atoms with Crippen molar-refractivity contribution in [1.29, 1.82) is 0 Å². The van der Waals surface area contributed by atoms with E-state index in [1.54, 1.807) is 32.0 Å². The second-order valence-electron chi connectivity index (χ2n) is 7.01. The minimum Gasteiger partial charge on any atom is -0.478 e. The van der Waals surface area contributed by atoms with Gasteiger partial charge in [0, 0.05) is 22.0 Å². The highest BCUT2D eigenvalue weighted by Gasteiger charge is 2.26. The third-order valence-corrected chi connectivity index (χ3v) is 5.99. The van der Waals surface area contributed by atoms with Crippen molar-refractivity contribution in [2.45, 2.75) is 39.7 Å². The summed E-state index contributed by atoms with van der Waals surface area (Å²) in [7, 11) is 0. The molecule has 0 aliphatic carbocycles. The molecule has 7 nitrogen and oxygen atoms in total. The van der Waals surface area contributed by atoms with Crippen LogP contribution in [-0.2, 0) is 4.79 Å². The molecule has 0 bridgehead atoms. The maximum Gasteiger partial charge on any atom is 0.337 e. The number of nitrogens with zero attached hydrogens (tertiary/aromatic N) is 2. The van der Waals surface area contributed by atoms with Crippen molar-refractivity contribution in [2.75, 3.05) is 5.32 Å². The van der Waals surface area contributed by atoms with Crippen molar-refractivity contribution in [1.82, 2.24) is 9.55 Å². The van der Waals surface area contributed by atoms with Crippen LogP contribution < -0.4 is 10.9 Å². The summed E-state index contributed by atoms with van der Waals surface area (Å²) >= 11 is 7.22. The van der Waals surface area contributed by atoms with Crippen LogP contribution in [-0.4, -0.2) is 26.5 Å². The van der Waals surface area contributed by atoms with Crippen molar-refractivity contribution in [3.8, 4) is 0 Å². The lowest BCUT2D eigenvalue weighted by atomic mass is 10.1. The number of anilines is 1. The van der Waals surface area contributed by atoms with Gasteiger partial charge >= 0.3 is 5.97 Å². The Morgan fingerprint density at radius 2 is 1.97 bits per heavy atom. The first-order chi connectivity index (χ1) is 13.6. The molecule has 152 valence electrons. The molecule has 0 aliphatic rings. The molecule has 29 heavy (non-hydrogen) atoms. The summed E-state index contributed by atoms with van der Waals surface area (Å²) in [5, 5.41) is 14.1. The number of benzene rings is 1. The molecule has 1 unspecified atom stereocenters. The van der Waals surface area contributed by atoms with E-state index in [4.69, 9.17) is 11.6 Å². The van der Waals surface area contributed by atoms with Crippen LogP contribution >= 0.6 is 22.9 Å². The standard InChI is InChI=1S/C20H20ClN3O4S/c1-9(2)16-23-18-15(12(8-29-18)20(27)28)19(26)24(16)11(4)17(25)22-14-7-5-6-13(21)10(14)3/h5-9,11H,1-4H3,(H,22,25)(H,27,28). The van der Waals surface area contributed by atoms with E-state index in [1.807, 2.05) is 13.8 Å². The number of carboxylic acid groups (broad SMARTS) is 1. The Bertz CT molecular complexity index is 1180. The number of halogens is 1. The first-order valence-corrected chi connectivity index (χ1v) is 10.2. The SMILES string of the molecule is Cc1c(Cl)cccc1NC(=O)C(C)n1c(C(C)C)nc2scc(C(=O)O)c2c1=O. The van der Waals surface area contributed by atoms with E-state index >= 15 is 0 Å². The molecule has 0 saturated heterocycles. The van der Waals surface area contributed by atoms with Gasteiger partial charge in [-0.3, -0.25) is 14.2 Å². The molecule has 1 amide bonds. The monoisotopic (exact) mass is 433 g/mol. The van der Waals surface area contributed by atoms with E-state index < -0.39 is 23.5 Å². The third-order valence-electron chi connectivity index (χ3n) is 4.71. The Hall–Kier alpha value is -2.71. The maximum absolute atomic E-state index is 13.2. The fourth-order valence-electron chi connectivity index (χ4n) is 3.06. The minimum absolute atomic E-state index is 0.0190. The average molecular weight is 434 g/mol. The van der Waals surface area contributed by atoms with Crippen LogP contribution in [0.25, 0.3) is 10.2 Å². The number of hydrogen-bond donors (Lipinski definition) is 2. The summed E-state index contributed by atoms with van der Waals surface area (Å²) in [6, 6.07) is 4.26. The molecule has 9 heteroatoms. The van der Waals surface area contributed by atoms with Gasteiger partial charge in [-0.2, -0.15) is 0 Å². The Kier molecular flexibility index (Phi) is 5.77. The number of thiophene rings is 1. The van der Waals surface area contributed by atoms with Crippen molar-refractivity contribution in [3.05, 3.63) is 55.9 Å². The molecular formula is C20H20ClN3O4S. The second-order valence-corrected chi connectivity index (χ2v) is 8.28. The number of aromatic nitrogens is 2. The molecule has 0 radical (unpaired) electrons. The van der Waals surface area contributed by atoms with Gasteiger partial charge in [0.15, 0.2) is 0 Å². The van der Waals surface area contributed by atoms with Gasteiger partial charge in [0.2, 0.25) is 5.91 Å². The largest absolute Gasteiger partial charge is 0.478 e. The molecule has 0 aliphatic heterocycles. The molecule has 2 aromatic heterocycles. The predicted octanol–water partition coefficient (Wildman–Crippen LogP) is 4.44. The Morgan fingerprint density at radius 3 is 2.59 bits per heavy atom. The molecule has 0 saturated carbocycles. The zero-order chi connectivity index (χ0) is 21.5. The van der Waals surface area contributed by atoms with Crippen molar-refractivity contribution < 1.29 is 14.7 Å². The van der Waals surface area contributed by atoms with Crippen molar-refractivity contribution in [2.24, 2.45) is 0 Å². The quantitative estimate of drug-likeness (QED) is 0.619. The van der Waals surface area contributed by atoms with E-state index in [-0.39, 0.29) is 16.9 Å². The summed E-state index contributed by atoms with van der Waals surface area (Å²) in [6.45, 7) is 7.10. The highest BCUT2D eigenvalue weighted by atomic mass is 35.5. The highest BCUT2D eigenvalue weighted by molar-refractivity contribution is 7.17. The molecular weight excluding hydrogens is 414 g/mol. The van der Waals surface area contributed by atoms with Gasteiger partial charge in [-0.25, -0.2) is 9.78 Å². The number of amides is 1. The number of carbonyl (C=O) groups excluding carboxylic acids is 1. The Labute approximate surface area is 176 Å². The first kappa shape index (κ1) is 21.0. The molecule has 2 N–H and O–H groups in total. The first-order valence-electron chi connectivity index (χ1n) is 8.96. The van der Waals surface area contributed by atoms with E-state index in [2.05, 4.69) is 10.3 Å². The topological polar surface area (TPSA) is 101 Å². The number of nitrogens with one attached hydrogen (secondary N) is 1. The normalized spacial score (nSPS) is 12.3. The number of rotatable bonds is 5. The van der Waals surface area contributed by atoms with Crippen LogP contribution in [0.2, 0.25) is 5.02 Å². The molecule has 1 aromatic carbocycles. The zero-order valence-corrected chi connectivity index (χ0v) is 17.9. The van der Waals surface area contributed by atoms with Crippen LogP contribution in [0.15, 0.2) is 28.4 Å². The van der Waals surface area contributed by atoms with E-state index in [0.717, 1.165) is 11.3 Å². The molecule has 0 fully saturated rings. The fraction of sp³-hybridized carbons (Fsp3) is 0.300. The fourth-order valence-corrected chi connectivity index (χ4v) is 4.14. The number of carbonyl (C=O) groups is 2. The maximum atomic E-state index is 13.2. The average Bonchev–Trinajstić information content (AvgIpc) is 3.09. The van der Waals surface area contributed by atoms with Gasteiger partial charge in [-0.15, -0.1) is 11.3 Å². The zero-order valence-electron chi connectivity index (χ0n) is 16.3. The van der Waals surface area contributed by atoms with Crippen LogP contribution in [0.1, 0.15) is 54.5 Å². The lowest BCUT2D eigenvalue weighted by molar-refractivity contribution is -0.119. The van der Waals surface area contributed by atoms with Crippen LogP contribution in [0, 0.1) is 6.92 Å². The van der Waals surface area contributed by atoms with Gasteiger partial charge in [-0.1, -0.05) is 31.5 Å². The van der Waals surface area contributed by atoms with Gasteiger partial charge in [0.1, 0.15) is 16.7 Å². The smallest absolute Gasteiger partial charge is 0.337 e. The Balaban J connectivity index is 2.12. The van der Waals surface area contributed by atoms with E-state index in [1.165, 1.54) is 9.95 Å². The van der Waals surface area contributed by atoms with Crippen molar-refractivity contribution >= 4 is 50.7 Å². The van der Waals surface area contributed by atoms with Crippen LogP contribution in [0.5, 0.6) is 0 Å². The molecule has 3 rings (SSSR count). The summed E-state index contributed by atoms with van der Waals surface area (Å²) in [5.74, 6) is -1.35. The molecule has 1 atom stereocenters. The second kappa shape index (κ2) is 7.96. The minimum atomic E-state index is -1.20. The van der Waals surface area contributed by atoms with Gasteiger partial charge < -0.3 is 10.4 Å². The van der Waals surface area contributed by atoms with Gasteiger partial charge in [0.25, 0.3) is 5.56 Å². The number of fused-ring (bicyclic) bond motifs is 1. The summed E-state index contributed by atoms with van der Waals surface area (Å²) < 4.78 is 1.28.